The predicted octanol–water partition coefficient (Wildman–Crippen LogP) is 3.03. The molecule has 0 unspecified atom stereocenters. The maximum absolute atomic E-state index is 3.54. The zero-order valence-electron chi connectivity index (χ0n) is 10.2. The number of aryl methyl sites for hydroxylation is 1. The summed E-state index contributed by atoms with van der Waals surface area (Å²) in [5.41, 5.74) is 1.36. The van der Waals surface area contributed by atoms with Gasteiger partial charge in [0.15, 0.2) is 0 Å². The summed E-state index contributed by atoms with van der Waals surface area (Å²) in [7, 11) is 0. The lowest BCUT2D eigenvalue weighted by molar-refractivity contribution is 0.572. The minimum atomic E-state index is 0.988. The van der Waals surface area contributed by atoms with E-state index in [0.29, 0.717) is 0 Å². The Morgan fingerprint density at radius 1 is 1.18 bits per heavy atom. The van der Waals surface area contributed by atoms with E-state index in [-0.39, 0.29) is 0 Å². The first-order valence-electron chi connectivity index (χ1n) is 6.68. The molecule has 2 heteroatoms. The molecule has 0 atom stereocenters. The van der Waals surface area contributed by atoms with Crippen LogP contribution < -0.4 is 5.32 Å². The number of nitrogens with zero attached hydrogens (tertiary/aromatic N) is 1. The smallest absolute Gasteiger partial charge is 0.0480 e. The standard InChI is InChI=1S/C15H20N2/c1-2-5-15-14(4-1)8-11-17(15)10-3-9-16-12-13-6-7-13/h1-2,4-5,8,11,13,16H,3,6-7,9-10,12H2. The molecule has 1 fully saturated rings. The Morgan fingerprint density at radius 2 is 2.06 bits per heavy atom. The molecule has 2 nitrogen and oxygen atoms in total. The van der Waals surface area contributed by atoms with Crippen molar-refractivity contribution in [3.8, 4) is 0 Å². The van der Waals surface area contributed by atoms with Crippen LogP contribution in [0.2, 0.25) is 0 Å². The molecule has 0 saturated heterocycles. The predicted molar refractivity (Wildman–Crippen MR) is 72.1 cm³/mol. The summed E-state index contributed by atoms with van der Waals surface area (Å²) in [6, 6.07) is 10.8. The van der Waals surface area contributed by atoms with Crippen LogP contribution in [-0.2, 0) is 6.54 Å². The van der Waals surface area contributed by atoms with Gasteiger partial charge >= 0.3 is 0 Å². The third-order valence-electron chi connectivity index (χ3n) is 3.56. The third kappa shape index (κ3) is 2.70. The van der Waals surface area contributed by atoms with Crippen molar-refractivity contribution < 1.29 is 0 Å². The molecular formula is C15H20N2. The molecule has 1 aliphatic carbocycles. The molecule has 1 N–H and O–H groups in total. The highest BCUT2D eigenvalue weighted by Crippen LogP contribution is 2.27. The Labute approximate surface area is 103 Å². The fraction of sp³-hybridized carbons (Fsp3) is 0.467. The highest BCUT2D eigenvalue weighted by molar-refractivity contribution is 5.79. The molecule has 1 saturated carbocycles. The van der Waals surface area contributed by atoms with E-state index in [4.69, 9.17) is 0 Å². The quantitative estimate of drug-likeness (QED) is 0.752. The number of aromatic nitrogens is 1. The lowest BCUT2D eigenvalue weighted by atomic mass is 10.2. The first kappa shape index (κ1) is 10.8. The molecule has 2 aromatic rings. The van der Waals surface area contributed by atoms with Crippen molar-refractivity contribution in [1.82, 2.24) is 9.88 Å². The number of rotatable bonds is 6. The average Bonchev–Trinajstić information content (AvgIpc) is 3.09. The van der Waals surface area contributed by atoms with Crippen LogP contribution in [0.5, 0.6) is 0 Å². The molecule has 0 radical (unpaired) electrons. The minimum Gasteiger partial charge on any atom is -0.347 e. The van der Waals surface area contributed by atoms with Gasteiger partial charge < -0.3 is 9.88 Å². The first-order chi connectivity index (χ1) is 8.43. The molecule has 0 aliphatic heterocycles. The van der Waals surface area contributed by atoms with Gasteiger partial charge in [-0.15, -0.1) is 0 Å². The zero-order valence-corrected chi connectivity index (χ0v) is 10.2. The summed E-state index contributed by atoms with van der Waals surface area (Å²) in [6.45, 7) is 3.49. The van der Waals surface area contributed by atoms with Gasteiger partial charge in [0.05, 0.1) is 0 Å². The minimum absolute atomic E-state index is 0.988. The molecule has 0 spiro atoms. The molecule has 0 bridgehead atoms. The number of hydrogen-bond acceptors (Lipinski definition) is 1. The number of fused-ring (bicyclic) bond motifs is 1. The number of benzene rings is 1. The summed E-state index contributed by atoms with van der Waals surface area (Å²) in [6.07, 6.45) is 6.29. The lowest BCUT2D eigenvalue weighted by Crippen LogP contribution is -2.19. The number of nitrogens with one attached hydrogen (secondary N) is 1. The average molecular weight is 228 g/mol. The largest absolute Gasteiger partial charge is 0.347 e. The van der Waals surface area contributed by atoms with Gasteiger partial charge in [-0.3, -0.25) is 0 Å². The zero-order chi connectivity index (χ0) is 11.5. The second kappa shape index (κ2) is 4.92. The van der Waals surface area contributed by atoms with E-state index in [1.165, 1.54) is 36.7 Å². The SMILES string of the molecule is c1ccc2c(c1)ccn2CCCNCC1CC1. The third-order valence-corrected chi connectivity index (χ3v) is 3.56. The Hall–Kier alpha value is -1.28. The van der Waals surface area contributed by atoms with Crippen LogP contribution in [0.3, 0.4) is 0 Å². The Kier molecular flexibility index (Phi) is 3.14. The Balaban J connectivity index is 1.50. The maximum atomic E-state index is 3.54. The van der Waals surface area contributed by atoms with Crippen LogP contribution in [0.15, 0.2) is 36.5 Å². The van der Waals surface area contributed by atoms with E-state index >= 15 is 0 Å². The number of para-hydroxylation sites is 1. The normalized spacial score (nSPS) is 15.5. The Bertz CT molecular complexity index is 482. The molecule has 90 valence electrons. The molecule has 3 rings (SSSR count). The molecule has 1 aromatic heterocycles. The lowest BCUT2D eigenvalue weighted by Gasteiger charge is -2.06. The van der Waals surface area contributed by atoms with Crippen LogP contribution in [0.25, 0.3) is 10.9 Å². The van der Waals surface area contributed by atoms with Crippen molar-refractivity contribution in [3.63, 3.8) is 0 Å². The van der Waals surface area contributed by atoms with E-state index in [1.54, 1.807) is 0 Å². The van der Waals surface area contributed by atoms with Gasteiger partial charge in [-0.25, -0.2) is 0 Å². The molecule has 0 amide bonds. The molecule has 1 aromatic carbocycles. The summed E-state index contributed by atoms with van der Waals surface area (Å²) in [4.78, 5) is 0. The van der Waals surface area contributed by atoms with Crippen molar-refractivity contribution >= 4 is 10.9 Å². The van der Waals surface area contributed by atoms with Crippen molar-refractivity contribution in [3.05, 3.63) is 36.5 Å². The van der Waals surface area contributed by atoms with Crippen LogP contribution in [-0.4, -0.2) is 17.7 Å². The van der Waals surface area contributed by atoms with Gasteiger partial charge in [0.1, 0.15) is 0 Å². The second-order valence-corrected chi connectivity index (χ2v) is 5.07. The maximum Gasteiger partial charge on any atom is 0.0480 e. The van der Waals surface area contributed by atoms with Gasteiger partial charge in [0, 0.05) is 18.3 Å². The molecular weight excluding hydrogens is 208 g/mol. The van der Waals surface area contributed by atoms with Gasteiger partial charge in [-0.2, -0.15) is 0 Å². The van der Waals surface area contributed by atoms with Crippen molar-refractivity contribution in [2.75, 3.05) is 13.1 Å². The monoisotopic (exact) mass is 228 g/mol. The topological polar surface area (TPSA) is 17.0 Å². The van der Waals surface area contributed by atoms with Gasteiger partial charge in [0.2, 0.25) is 0 Å². The van der Waals surface area contributed by atoms with Crippen LogP contribution in [0.4, 0.5) is 0 Å². The van der Waals surface area contributed by atoms with Crippen LogP contribution >= 0.6 is 0 Å². The van der Waals surface area contributed by atoms with Gasteiger partial charge in [0.25, 0.3) is 0 Å². The van der Waals surface area contributed by atoms with E-state index in [0.717, 1.165) is 19.0 Å². The second-order valence-electron chi connectivity index (χ2n) is 5.07. The number of hydrogen-bond donors (Lipinski definition) is 1. The van der Waals surface area contributed by atoms with Crippen molar-refractivity contribution in [1.29, 1.82) is 0 Å². The summed E-state index contributed by atoms with van der Waals surface area (Å²) in [5, 5.41) is 4.89. The summed E-state index contributed by atoms with van der Waals surface area (Å²) >= 11 is 0. The summed E-state index contributed by atoms with van der Waals surface area (Å²) in [5.74, 6) is 0.988. The molecule has 1 aliphatic rings. The van der Waals surface area contributed by atoms with Crippen LogP contribution in [0.1, 0.15) is 19.3 Å². The van der Waals surface area contributed by atoms with E-state index in [9.17, 15) is 0 Å². The van der Waals surface area contributed by atoms with Gasteiger partial charge in [-0.1, -0.05) is 18.2 Å². The fourth-order valence-corrected chi connectivity index (χ4v) is 2.34. The highest BCUT2D eigenvalue weighted by Gasteiger charge is 2.19. The highest BCUT2D eigenvalue weighted by atomic mass is 15.0. The first-order valence-corrected chi connectivity index (χ1v) is 6.68. The van der Waals surface area contributed by atoms with E-state index in [1.807, 2.05) is 0 Å². The summed E-state index contributed by atoms with van der Waals surface area (Å²) < 4.78 is 2.36. The Morgan fingerprint density at radius 3 is 2.94 bits per heavy atom. The van der Waals surface area contributed by atoms with Crippen molar-refractivity contribution in [2.24, 2.45) is 5.92 Å². The van der Waals surface area contributed by atoms with Gasteiger partial charge in [-0.05, 0) is 55.8 Å². The fourth-order valence-electron chi connectivity index (χ4n) is 2.34. The van der Waals surface area contributed by atoms with Crippen molar-refractivity contribution in [2.45, 2.75) is 25.8 Å². The van der Waals surface area contributed by atoms with E-state index < -0.39 is 0 Å². The van der Waals surface area contributed by atoms with Crippen LogP contribution in [0, 0.1) is 5.92 Å². The molecule has 17 heavy (non-hydrogen) atoms. The van der Waals surface area contributed by atoms with E-state index in [2.05, 4.69) is 46.4 Å². The molecule has 1 heterocycles.